The quantitative estimate of drug-likeness (QED) is 0.809. The van der Waals surface area contributed by atoms with Crippen molar-refractivity contribution in [1.29, 1.82) is 0 Å². The van der Waals surface area contributed by atoms with Crippen LogP contribution in [0.25, 0.3) is 0 Å². The molecule has 0 bridgehead atoms. The van der Waals surface area contributed by atoms with E-state index in [0.717, 1.165) is 6.42 Å². The largest absolute Gasteiger partial charge is 0.385 e. The second-order valence-electron chi connectivity index (χ2n) is 4.59. The van der Waals surface area contributed by atoms with Crippen LogP contribution < -0.4 is 5.32 Å². The van der Waals surface area contributed by atoms with Gasteiger partial charge in [-0.1, -0.05) is 13.8 Å². The van der Waals surface area contributed by atoms with E-state index in [0.29, 0.717) is 19.0 Å². The van der Waals surface area contributed by atoms with Crippen molar-refractivity contribution in [2.75, 3.05) is 25.6 Å². The first kappa shape index (κ1) is 12.9. The Morgan fingerprint density at radius 1 is 1.50 bits per heavy atom. The van der Waals surface area contributed by atoms with E-state index >= 15 is 0 Å². The van der Waals surface area contributed by atoms with Gasteiger partial charge in [0, 0.05) is 26.5 Å². The number of hydrogen-bond acceptors (Lipinski definition) is 3. The Hall–Kier alpha value is -1.16. The van der Waals surface area contributed by atoms with Gasteiger partial charge in [0.05, 0.1) is 0 Å². The van der Waals surface area contributed by atoms with Crippen LogP contribution in [-0.4, -0.2) is 25.2 Å². The molecule has 0 fully saturated rings. The van der Waals surface area contributed by atoms with Crippen LogP contribution in [0.4, 0.5) is 10.2 Å². The third-order valence-electron chi connectivity index (χ3n) is 2.48. The number of aromatic nitrogens is 1. The highest BCUT2D eigenvalue weighted by molar-refractivity contribution is 5.35. The van der Waals surface area contributed by atoms with Crippen LogP contribution >= 0.6 is 0 Å². The molecular formula is C12H19FN2O. The molecule has 0 aliphatic rings. The minimum Gasteiger partial charge on any atom is -0.385 e. The summed E-state index contributed by atoms with van der Waals surface area (Å²) in [5, 5.41) is 3.02. The fourth-order valence-electron chi connectivity index (χ4n) is 1.31. The summed E-state index contributed by atoms with van der Waals surface area (Å²) in [6, 6.07) is 2.98. The maximum absolute atomic E-state index is 13.3. The van der Waals surface area contributed by atoms with E-state index in [1.165, 1.54) is 6.07 Å². The molecule has 0 saturated carbocycles. The molecule has 3 nitrogen and oxygen atoms in total. The molecule has 4 heteroatoms. The van der Waals surface area contributed by atoms with Gasteiger partial charge in [-0.15, -0.1) is 0 Å². The van der Waals surface area contributed by atoms with Gasteiger partial charge in [-0.3, -0.25) is 0 Å². The monoisotopic (exact) mass is 226 g/mol. The SMILES string of the molecule is COCCC(C)(C)CNc1ncccc1F. The van der Waals surface area contributed by atoms with E-state index in [9.17, 15) is 4.39 Å². The topological polar surface area (TPSA) is 34.1 Å². The predicted octanol–water partition coefficient (Wildman–Crippen LogP) is 2.70. The fourth-order valence-corrected chi connectivity index (χ4v) is 1.31. The van der Waals surface area contributed by atoms with Crippen LogP contribution in [0, 0.1) is 11.2 Å². The number of ether oxygens (including phenoxy) is 1. The Morgan fingerprint density at radius 2 is 2.25 bits per heavy atom. The molecule has 0 atom stereocenters. The average molecular weight is 226 g/mol. The van der Waals surface area contributed by atoms with Gasteiger partial charge in [-0.2, -0.15) is 0 Å². The smallest absolute Gasteiger partial charge is 0.165 e. The zero-order valence-corrected chi connectivity index (χ0v) is 10.1. The molecule has 0 aromatic carbocycles. The molecule has 0 radical (unpaired) electrons. The first-order valence-corrected chi connectivity index (χ1v) is 5.38. The molecular weight excluding hydrogens is 207 g/mol. The second-order valence-corrected chi connectivity index (χ2v) is 4.59. The number of halogens is 1. The van der Waals surface area contributed by atoms with Gasteiger partial charge < -0.3 is 10.1 Å². The van der Waals surface area contributed by atoms with E-state index in [4.69, 9.17) is 4.74 Å². The third-order valence-corrected chi connectivity index (χ3v) is 2.48. The second kappa shape index (κ2) is 5.80. The van der Waals surface area contributed by atoms with Crippen LogP contribution in [0.1, 0.15) is 20.3 Å². The highest BCUT2D eigenvalue weighted by Gasteiger charge is 2.18. The summed E-state index contributed by atoms with van der Waals surface area (Å²) in [5.41, 5.74) is 0.0555. The molecule has 90 valence electrons. The van der Waals surface area contributed by atoms with Crippen molar-refractivity contribution in [3.05, 3.63) is 24.1 Å². The fraction of sp³-hybridized carbons (Fsp3) is 0.583. The van der Waals surface area contributed by atoms with Crippen molar-refractivity contribution in [1.82, 2.24) is 4.98 Å². The zero-order chi connectivity index (χ0) is 12.0. The van der Waals surface area contributed by atoms with Crippen molar-refractivity contribution in [3.63, 3.8) is 0 Å². The van der Waals surface area contributed by atoms with Crippen molar-refractivity contribution in [3.8, 4) is 0 Å². The van der Waals surface area contributed by atoms with Crippen molar-refractivity contribution >= 4 is 5.82 Å². The Kier molecular flexibility index (Phi) is 4.68. The van der Waals surface area contributed by atoms with Gasteiger partial charge in [0.25, 0.3) is 0 Å². The zero-order valence-electron chi connectivity index (χ0n) is 10.1. The van der Waals surface area contributed by atoms with Crippen molar-refractivity contribution in [2.24, 2.45) is 5.41 Å². The molecule has 0 aliphatic heterocycles. The molecule has 16 heavy (non-hydrogen) atoms. The number of nitrogens with zero attached hydrogens (tertiary/aromatic N) is 1. The first-order chi connectivity index (χ1) is 7.55. The summed E-state index contributed by atoms with van der Waals surface area (Å²) in [6.07, 6.45) is 2.50. The molecule has 0 aliphatic carbocycles. The lowest BCUT2D eigenvalue weighted by Crippen LogP contribution is -2.25. The summed E-state index contributed by atoms with van der Waals surface area (Å²) < 4.78 is 18.3. The lowest BCUT2D eigenvalue weighted by molar-refractivity contribution is 0.157. The van der Waals surface area contributed by atoms with Gasteiger partial charge in [0.2, 0.25) is 0 Å². The number of hydrogen-bond donors (Lipinski definition) is 1. The summed E-state index contributed by atoms with van der Waals surface area (Å²) in [5.74, 6) is -0.00182. The molecule has 0 spiro atoms. The summed E-state index contributed by atoms with van der Waals surface area (Å²) >= 11 is 0. The lowest BCUT2D eigenvalue weighted by Gasteiger charge is -2.24. The number of nitrogens with one attached hydrogen (secondary N) is 1. The number of anilines is 1. The molecule has 1 rings (SSSR count). The summed E-state index contributed by atoms with van der Waals surface area (Å²) in [4.78, 5) is 3.94. The maximum atomic E-state index is 13.3. The van der Waals surface area contributed by atoms with Crippen LogP contribution in [0.5, 0.6) is 0 Å². The minimum absolute atomic E-state index is 0.0555. The van der Waals surface area contributed by atoms with Gasteiger partial charge in [-0.25, -0.2) is 9.37 Å². The highest BCUT2D eigenvalue weighted by atomic mass is 19.1. The lowest BCUT2D eigenvalue weighted by atomic mass is 9.90. The average Bonchev–Trinajstić information content (AvgIpc) is 2.26. The number of pyridine rings is 1. The molecule has 1 heterocycles. The maximum Gasteiger partial charge on any atom is 0.165 e. The Balaban J connectivity index is 2.47. The normalized spacial score (nSPS) is 11.5. The molecule has 0 unspecified atom stereocenters. The number of rotatable bonds is 6. The standard InChI is InChI=1S/C12H19FN2O/c1-12(2,6-8-16-3)9-15-11-10(13)5-4-7-14-11/h4-5,7H,6,8-9H2,1-3H3,(H,14,15). The Labute approximate surface area is 96.0 Å². The number of methoxy groups -OCH3 is 1. The van der Waals surface area contributed by atoms with E-state index in [1.807, 2.05) is 0 Å². The Morgan fingerprint density at radius 3 is 2.88 bits per heavy atom. The van der Waals surface area contributed by atoms with Gasteiger partial charge >= 0.3 is 0 Å². The molecule has 0 amide bonds. The molecule has 0 saturated heterocycles. The van der Waals surface area contributed by atoms with Crippen LogP contribution in [0.2, 0.25) is 0 Å². The van der Waals surface area contributed by atoms with E-state index < -0.39 is 0 Å². The van der Waals surface area contributed by atoms with Crippen molar-refractivity contribution in [2.45, 2.75) is 20.3 Å². The molecule has 1 aromatic rings. The molecule has 1 N–H and O–H groups in total. The van der Waals surface area contributed by atoms with Gasteiger partial charge in [0.1, 0.15) is 0 Å². The first-order valence-electron chi connectivity index (χ1n) is 5.38. The van der Waals surface area contributed by atoms with Gasteiger partial charge in [0.15, 0.2) is 11.6 Å². The van der Waals surface area contributed by atoms with Crippen LogP contribution in [0.15, 0.2) is 18.3 Å². The highest BCUT2D eigenvalue weighted by Crippen LogP contribution is 2.21. The Bertz CT molecular complexity index is 329. The summed E-state index contributed by atoms with van der Waals surface area (Å²) in [6.45, 7) is 5.60. The van der Waals surface area contributed by atoms with E-state index in [1.54, 1.807) is 19.4 Å². The van der Waals surface area contributed by atoms with Crippen LogP contribution in [0.3, 0.4) is 0 Å². The predicted molar refractivity (Wildman–Crippen MR) is 63.0 cm³/mol. The molecule has 1 aromatic heterocycles. The van der Waals surface area contributed by atoms with Crippen LogP contribution in [-0.2, 0) is 4.74 Å². The van der Waals surface area contributed by atoms with E-state index in [-0.39, 0.29) is 11.2 Å². The van der Waals surface area contributed by atoms with Crippen molar-refractivity contribution < 1.29 is 9.13 Å². The minimum atomic E-state index is -0.315. The third kappa shape index (κ3) is 4.14. The summed E-state index contributed by atoms with van der Waals surface area (Å²) in [7, 11) is 1.68. The van der Waals surface area contributed by atoms with Gasteiger partial charge in [-0.05, 0) is 24.0 Å². The van der Waals surface area contributed by atoms with E-state index in [2.05, 4.69) is 24.1 Å².